The van der Waals surface area contributed by atoms with Gasteiger partial charge in [-0.05, 0) is 23.8 Å². The zero-order chi connectivity index (χ0) is 15.5. The normalized spacial score (nSPS) is 11.3. The van der Waals surface area contributed by atoms with Crippen LogP contribution in [0.2, 0.25) is 0 Å². The first-order valence-corrected chi connectivity index (χ1v) is 6.79. The summed E-state index contributed by atoms with van der Waals surface area (Å²) < 4.78 is 44.3. The van der Waals surface area contributed by atoms with E-state index in [2.05, 4.69) is 26.2 Å². The highest BCUT2D eigenvalue weighted by Crippen LogP contribution is 2.36. The summed E-state index contributed by atoms with van der Waals surface area (Å²) >= 11 is 3.17. The summed E-state index contributed by atoms with van der Waals surface area (Å²) in [4.78, 5) is 4.00. The quantitative estimate of drug-likeness (QED) is 0.872. The fraction of sp³-hybridized carbons (Fsp3) is 0.214. The van der Waals surface area contributed by atoms with Crippen LogP contribution in [0.15, 0.2) is 41.0 Å². The summed E-state index contributed by atoms with van der Waals surface area (Å²) in [6.07, 6.45) is -2.85. The maximum Gasteiger partial charge on any atom is 0.418 e. The molecule has 7 heteroatoms. The molecule has 0 atom stereocenters. The van der Waals surface area contributed by atoms with Gasteiger partial charge in [-0.3, -0.25) is 0 Å². The monoisotopic (exact) mass is 360 g/mol. The Morgan fingerprint density at radius 2 is 2.00 bits per heavy atom. The first kappa shape index (κ1) is 15.6. The van der Waals surface area contributed by atoms with Crippen LogP contribution in [-0.2, 0) is 12.7 Å². The van der Waals surface area contributed by atoms with Crippen LogP contribution in [0.3, 0.4) is 0 Å². The molecule has 0 aliphatic heterocycles. The van der Waals surface area contributed by atoms with Crippen molar-refractivity contribution in [2.75, 3.05) is 12.4 Å². The number of methoxy groups -OCH3 is 1. The van der Waals surface area contributed by atoms with Gasteiger partial charge in [-0.25, -0.2) is 4.98 Å². The fourth-order valence-electron chi connectivity index (χ4n) is 1.74. The number of anilines is 1. The van der Waals surface area contributed by atoms with E-state index in [9.17, 15) is 13.2 Å². The van der Waals surface area contributed by atoms with Crippen LogP contribution in [-0.4, -0.2) is 12.1 Å². The number of hydrogen-bond acceptors (Lipinski definition) is 3. The molecular weight excluding hydrogens is 349 g/mol. The van der Waals surface area contributed by atoms with Crippen molar-refractivity contribution in [2.45, 2.75) is 12.7 Å². The van der Waals surface area contributed by atoms with E-state index < -0.39 is 11.7 Å². The molecule has 2 rings (SSSR count). The molecule has 0 bridgehead atoms. The molecule has 1 heterocycles. The van der Waals surface area contributed by atoms with Gasteiger partial charge in [0.25, 0.3) is 0 Å². The lowest BCUT2D eigenvalue weighted by Crippen LogP contribution is -2.11. The number of nitrogens with one attached hydrogen (secondary N) is 1. The van der Waals surface area contributed by atoms with Crippen LogP contribution in [0.1, 0.15) is 11.1 Å². The Morgan fingerprint density at radius 1 is 1.24 bits per heavy atom. The molecule has 2 aromatic rings. The first-order chi connectivity index (χ1) is 9.90. The average Bonchev–Trinajstić information content (AvgIpc) is 2.44. The van der Waals surface area contributed by atoms with E-state index in [4.69, 9.17) is 4.74 Å². The zero-order valence-electron chi connectivity index (χ0n) is 11.0. The molecule has 1 aromatic carbocycles. The Kier molecular flexibility index (Phi) is 4.72. The van der Waals surface area contributed by atoms with E-state index in [0.717, 1.165) is 11.6 Å². The number of benzene rings is 1. The number of alkyl halides is 3. The van der Waals surface area contributed by atoms with Gasteiger partial charge in [0, 0.05) is 29.0 Å². The van der Waals surface area contributed by atoms with E-state index in [1.807, 2.05) is 0 Å². The number of hydrogen-bond donors (Lipinski definition) is 1. The third-order valence-electron chi connectivity index (χ3n) is 2.78. The number of ether oxygens (including phenoxy) is 1. The predicted octanol–water partition coefficient (Wildman–Crippen LogP) is 4.48. The summed E-state index contributed by atoms with van der Waals surface area (Å²) in [5, 5.41) is 2.78. The maximum atomic E-state index is 12.9. The number of halogens is 4. The Labute approximate surface area is 128 Å². The molecule has 0 saturated heterocycles. The van der Waals surface area contributed by atoms with Crippen LogP contribution < -0.4 is 10.1 Å². The van der Waals surface area contributed by atoms with Gasteiger partial charge in [-0.1, -0.05) is 22.0 Å². The predicted molar refractivity (Wildman–Crippen MR) is 77.3 cm³/mol. The van der Waals surface area contributed by atoms with Crippen molar-refractivity contribution in [3.05, 3.63) is 52.1 Å². The van der Waals surface area contributed by atoms with Crippen molar-refractivity contribution < 1.29 is 17.9 Å². The highest BCUT2D eigenvalue weighted by Gasteiger charge is 2.33. The Balaban J connectivity index is 2.17. The van der Waals surface area contributed by atoms with E-state index in [1.54, 1.807) is 18.3 Å². The largest absolute Gasteiger partial charge is 0.481 e. The van der Waals surface area contributed by atoms with Gasteiger partial charge < -0.3 is 10.1 Å². The molecular formula is C14H12BrF3N2O. The van der Waals surface area contributed by atoms with E-state index in [-0.39, 0.29) is 12.2 Å². The molecule has 21 heavy (non-hydrogen) atoms. The van der Waals surface area contributed by atoms with Crippen LogP contribution in [0.25, 0.3) is 0 Å². The van der Waals surface area contributed by atoms with Gasteiger partial charge in [0.05, 0.1) is 12.7 Å². The summed E-state index contributed by atoms with van der Waals surface area (Å²) in [6.45, 7) is 0.233. The summed E-state index contributed by atoms with van der Waals surface area (Å²) in [7, 11) is 1.50. The van der Waals surface area contributed by atoms with Gasteiger partial charge in [0.15, 0.2) is 0 Å². The molecule has 3 nitrogen and oxygen atoms in total. The standard InChI is InChI=1S/C14H12BrF3N2O/c1-21-13-5-2-9(8-20-13)7-19-12-6-10(15)3-4-11(12)14(16,17)18/h2-6,8,19H,7H2,1H3. The van der Waals surface area contributed by atoms with Crippen molar-refractivity contribution in [1.29, 1.82) is 0 Å². The van der Waals surface area contributed by atoms with Crippen molar-refractivity contribution in [2.24, 2.45) is 0 Å². The van der Waals surface area contributed by atoms with Crippen molar-refractivity contribution in [3.8, 4) is 5.88 Å². The van der Waals surface area contributed by atoms with E-state index in [1.165, 1.54) is 19.2 Å². The number of rotatable bonds is 4. The van der Waals surface area contributed by atoms with Crippen molar-refractivity contribution in [3.63, 3.8) is 0 Å². The summed E-state index contributed by atoms with van der Waals surface area (Å²) in [6, 6.07) is 7.20. The molecule has 0 fully saturated rings. The lowest BCUT2D eigenvalue weighted by Gasteiger charge is -2.15. The number of nitrogens with zero attached hydrogens (tertiary/aromatic N) is 1. The topological polar surface area (TPSA) is 34.1 Å². The maximum absolute atomic E-state index is 12.9. The molecule has 1 aromatic heterocycles. The van der Waals surface area contributed by atoms with Gasteiger partial charge in [-0.15, -0.1) is 0 Å². The van der Waals surface area contributed by atoms with Crippen LogP contribution in [0.5, 0.6) is 5.88 Å². The van der Waals surface area contributed by atoms with Crippen molar-refractivity contribution >= 4 is 21.6 Å². The van der Waals surface area contributed by atoms with E-state index >= 15 is 0 Å². The second kappa shape index (κ2) is 6.34. The van der Waals surface area contributed by atoms with Gasteiger partial charge in [0.1, 0.15) is 0 Å². The van der Waals surface area contributed by atoms with Crippen LogP contribution in [0, 0.1) is 0 Å². The molecule has 0 aliphatic carbocycles. The second-order valence-corrected chi connectivity index (χ2v) is 5.17. The minimum Gasteiger partial charge on any atom is -0.481 e. The lowest BCUT2D eigenvalue weighted by atomic mass is 10.1. The molecule has 0 radical (unpaired) electrons. The second-order valence-electron chi connectivity index (χ2n) is 4.25. The molecule has 0 spiro atoms. The van der Waals surface area contributed by atoms with Gasteiger partial charge in [-0.2, -0.15) is 13.2 Å². The molecule has 0 unspecified atom stereocenters. The Hall–Kier alpha value is -1.76. The highest BCUT2D eigenvalue weighted by molar-refractivity contribution is 9.10. The third-order valence-corrected chi connectivity index (χ3v) is 3.27. The molecule has 0 saturated carbocycles. The number of pyridine rings is 1. The molecule has 1 N–H and O–H groups in total. The number of aromatic nitrogens is 1. The fourth-order valence-corrected chi connectivity index (χ4v) is 2.10. The minimum atomic E-state index is -4.40. The SMILES string of the molecule is COc1ccc(CNc2cc(Br)ccc2C(F)(F)F)cn1. The highest BCUT2D eigenvalue weighted by atomic mass is 79.9. The average molecular weight is 361 g/mol. The first-order valence-electron chi connectivity index (χ1n) is 5.99. The summed E-state index contributed by atoms with van der Waals surface area (Å²) in [5.41, 5.74) is 0.0729. The smallest absolute Gasteiger partial charge is 0.418 e. The van der Waals surface area contributed by atoms with Gasteiger partial charge in [0.2, 0.25) is 5.88 Å². The van der Waals surface area contributed by atoms with Crippen LogP contribution >= 0.6 is 15.9 Å². The van der Waals surface area contributed by atoms with Crippen LogP contribution in [0.4, 0.5) is 18.9 Å². The Bertz CT molecular complexity index is 615. The van der Waals surface area contributed by atoms with E-state index in [0.29, 0.717) is 10.4 Å². The molecule has 112 valence electrons. The molecule has 0 amide bonds. The van der Waals surface area contributed by atoms with Crippen molar-refractivity contribution in [1.82, 2.24) is 4.98 Å². The van der Waals surface area contributed by atoms with Gasteiger partial charge >= 0.3 is 6.18 Å². The Morgan fingerprint density at radius 3 is 2.57 bits per heavy atom. The lowest BCUT2D eigenvalue weighted by molar-refractivity contribution is -0.137. The molecule has 0 aliphatic rings. The third kappa shape index (κ3) is 4.10. The zero-order valence-corrected chi connectivity index (χ0v) is 12.6. The minimum absolute atomic E-state index is 0.0210. The summed E-state index contributed by atoms with van der Waals surface area (Å²) in [5.74, 6) is 0.456.